The zero-order valence-electron chi connectivity index (χ0n) is 15.4. The zero-order valence-corrected chi connectivity index (χ0v) is 15.4. The minimum Gasteiger partial charge on any atom is -0.368 e. The molecular formula is C21H24N4O2. The van der Waals surface area contributed by atoms with Crippen molar-refractivity contribution >= 4 is 22.8 Å². The summed E-state index contributed by atoms with van der Waals surface area (Å²) in [6.07, 6.45) is 5.93. The second-order valence-electron chi connectivity index (χ2n) is 6.58. The predicted molar refractivity (Wildman–Crippen MR) is 105 cm³/mol. The van der Waals surface area contributed by atoms with Crippen LogP contribution in [-0.4, -0.2) is 27.4 Å². The Morgan fingerprint density at radius 1 is 1.19 bits per heavy atom. The average molecular weight is 364 g/mol. The lowest BCUT2D eigenvalue weighted by Gasteiger charge is -2.15. The lowest BCUT2D eigenvalue weighted by Crippen LogP contribution is -2.45. The number of pyridine rings is 1. The highest BCUT2D eigenvalue weighted by Gasteiger charge is 2.22. The van der Waals surface area contributed by atoms with Crippen LogP contribution in [0.15, 0.2) is 54.9 Å². The molecule has 0 fully saturated rings. The molecular weight excluding hydrogens is 340 g/mol. The first kappa shape index (κ1) is 18.6. The Labute approximate surface area is 158 Å². The van der Waals surface area contributed by atoms with E-state index in [1.54, 1.807) is 12.3 Å². The fraction of sp³-hybridized carbons (Fsp3) is 0.286. The van der Waals surface area contributed by atoms with E-state index in [0.29, 0.717) is 12.0 Å². The number of aromatic nitrogens is 2. The third kappa shape index (κ3) is 4.34. The molecule has 2 aromatic heterocycles. The van der Waals surface area contributed by atoms with Gasteiger partial charge in [0.2, 0.25) is 5.91 Å². The molecule has 1 aromatic carbocycles. The van der Waals surface area contributed by atoms with E-state index in [-0.39, 0.29) is 5.91 Å². The largest absolute Gasteiger partial charge is 0.368 e. The maximum absolute atomic E-state index is 12.9. The SMILES string of the molecule is CCCCn1cc(C(=O)N[C@@H](Cc2ccccc2)C(N)=O)c2cccnc21. The molecule has 140 valence electrons. The number of benzene rings is 1. The molecule has 0 bridgehead atoms. The second kappa shape index (κ2) is 8.49. The zero-order chi connectivity index (χ0) is 19.2. The van der Waals surface area contributed by atoms with E-state index in [1.807, 2.05) is 47.2 Å². The molecule has 2 amide bonds. The van der Waals surface area contributed by atoms with E-state index >= 15 is 0 Å². The molecule has 6 heteroatoms. The van der Waals surface area contributed by atoms with Crippen LogP contribution >= 0.6 is 0 Å². The van der Waals surface area contributed by atoms with E-state index < -0.39 is 11.9 Å². The fourth-order valence-corrected chi connectivity index (χ4v) is 3.11. The van der Waals surface area contributed by atoms with Gasteiger partial charge in [-0.3, -0.25) is 9.59 Å². The quantitative estimate of drug-likeness (QED) is 0.644. The molecule has 0 unspecified atom stereocenters. The first-order valence-corrected chi connectivity index (χ1v) is 9.18. The third-order valence-corrected chi connectivity index (χ3v) is 4.56. The van der Waals surface area contributed by atoms with E-state index in [2.05, 4.69) is 17.2 Å². The Bertz CT molecular complexity index is 934. The third-order valence-electron chi connectivity index (χ3n) is 4.56. The lowest BCUT2D eigenvalue weighted by molar-refractivity contribution is -0.119. The molecule has 0 radical (unpaired) electrons. The minimum absolute atomic E-state index is 0.317. The van der Waals surface area contributed by atoms with Gasteiger partial charge in [-0.05, 0) is 24.1 Å². The second-order valence-corrected chi connectivity index (χ2v) is 6.58. The first-order chi connectivity index (χ1) is 13.1. The van der Waals surface area contributed by atoms with Crippen molar-refractivity contribution in [2.45, 2.75) is 38.8 Å². The van der Waals surface area contributed by atoms with Crippen LogP contribution in [0.25, 0.3) is 11.0 Å². The van der Waals surface area contributed by atoms with Gasteiger partial charge in [0.25, 0.3) is 5.91 Å². The summed E-state index contributed by atoms with van der Waals surface area (Å²) in [5.74, 6) is -0.872. The Hall–Kier alpha value is -3.15. The molecule has 1 atom stereocenters. The van der Waals surface area contributed by atoms with Crippen LogP contribution in [0.3, 0.4) is 0 Å². The monoisotopic (exact) mass is 364 g/mol. The van der Waals surface area contributed by atoms with Crippen molar-refractivity contribution in [3.8, 4) is 0 Å². The molecule has 0 aliphatic rings. The number of amides is 2. The van der Waals surface area contributed by atoms with Gasteiger partial charge in [0.05, 0.1) is 5.56 Å². The molecule has 0 saturated heterocycles. The molecule has 3 N–H and O–H groups in total. The van der Waals surface area contributed by atoms with Crippen LogP contribution in [-0.2, 0) is 17.8 Å². The van der Waals surface area contributed by atoms with Gasteiger partial charge < -0.3 is 15.6 Å². The van der Waals surface area contributed by atoms with Gasteiger partial charge in [-0.15, -0.1) is 0 Å². The number of carbonyl (C=O) groups excluding carboxylic acids is 2. The van der Waals surface area contributed by atoms with Crippen LogP contribution < -0.4 is 11.1 Å². The molecule has 27 heavy (non-hydrogen) atoms. The van der Waals surface area contributed by atoms with Crippen LogP contribution in [0.1, 0.15) is 35.7 Å². The van der Waals surface area contributed by atoms with Crippen molar-refractivity contribution in [1.29, 1.82) is 0 Å². The number of rotatable bonds is 8. The number of hydrogen-bond acceptors (Lipinski definition) is 3. The number of carbonyl (C=O) groups is 2. The maximum Gasteiger partial charge on any atom is 0.254 e. The maximum atomic E-state index is 12.9. The smallest absolute Gasteiger partial charge is 0.254 e. The highest BCUT2D eigenvalue weighted by Crippen LogP contribution is 2.20. The van der Waals surface area contributed by atoms with E-state index in [9.17, 15) is 9.59 Å². The minimum atomic E-state index is -0.773. The number of nitrogens with zero attached hydrogens (tertiary/aromatic N) is 2. The molecule has 0 aliphatic carbocycles. The van der Waals surface area contributed by atoms with E-state index in [4.69, 9.17) is 5.73 Å². The first-order valence-electron chi connectivity index (χ1n) is 9.18. The van der Waals surface area contributed by atoms with Gasteiger partial charge in [0.1, 0.15) is 11.7 Å². The van der Waals surface area contributed by atoms with Crippen molar-refractivity contribution in [3.05, 3.63) is 66.0 Å². The predicted octanol–water partition coefficient (Wildman–Crippen LogP) is 2.66. The number of nitrogens with two attached hydrogens (primary N) is 1. The summed E-state index contributed by atoms with van der Waals surface area (Å²) in [7, 11) is 0. The van der Waals surface area contributed by atoms with Crippen LogP contribution in [0.5, 0.6) is 0 Å². The number of nitrogens with one attached hydrogen (secondary N) is 1. The van der Waals surface area contributed by atoms with Gasteiger partial charge in [0.15, 0.2) is 0 Å². The number of hydrogen-bond donors (Lipinski definition) is 2. The molecule has 3 rings (SSSR count). The van der Waals surface area contributed by atoms with Crippen molar-refractivity contribution in [2.24, 2.45) is 5.73 Å². The Morgan fingerprint density at radius 2 is 1.96 bits per heavy atom. The van der Waals surface area contributed by atoms with Gasteiger partial charge in [0, 0.05) is 30.7 Å². The molecule has 6 nitrogen and oxygen atoms in total. The Kier molecular flexibility index (Phi) is 5.86. The standard InChI is InChI=1S/C21H24N4O2/c1-2-3-12-25-14-17(16-10-7-11-23-20(16)25)21(27)24-18(19(22)26)13-15-8-5-4-6-9-15/h4-11,14,18H,2-3,12-13H2,1H3,(H2,22,26)(H,24,27)/t18-/m0/s1. The summed E-state index contributed by atoms with van der Waals surface area (Å²) in [4.78, 5) is 29.2. The summed E-state index contributed by atoms with van der Waals surface area (Å²) >= 11 is 0. The van der Waals surface area contributed by atoms with Crippen molar-refractivity contribution in [1.82, 2.24) is 14.9 Å². The van der Waals surface area contributed by atoms with Gasteiger partial charge in [-0.1, -0.05) is 43.7 Å². The van der Waals surface area contributed by atoms with Gasteiger partial charge in [-0.2, -0.15) is 0 Å². The average Bonchev–Trinajstić information content (AvgIpc) is 3.05. The van der Waals surface area contributed by atoms with Crippen LogP contribution in [0, 0.1) is 0 Å². The molecule has 2 heterocycles. The highest BCUT2D eigenvalue weighted by atomic mass is 16.2. The molecule has 3 aromatic rings. The number of aryl methyl sites for hydroxylation is 1. The Morgan fingerprint density at radius 3 is 2.67 bits per heavy atom. The molecule has 0 spiro atoms. The topological polar surface area (TPSA) is 90.0 Å². The lowest BCUT2D eigenvalue weighted by atomic mass is 10.0. The molecule has 0 saturated carbocycles. The number of primary amides is 1. The summed E-state index contributed by atoms with van der Waals surface area (Å²) in [5, 5.41) is 3.56. The van der Waals surface area contributed by atoms with Crippen molar-refractivity contribution < 1.29 is 9.59 Å². The van der Waals surface area contributed by atoms with E-state index in [0.717, 1.165) is 36.0 Å². The van der Waals surface area contributed by atoms with Gasteiger partial charge >= 0.3 is 0 Å². The summed E-state index contributed by atoms with van der Waals surface area (Å²) in [6.45, 7) is 2.91. The number of fused-ring (bicyclic) bond motifs is 1. The summed E-state index contributed by atoms with van der Waals surface area (Å²) in [6, 6.07) is 12.4. The van der Waals surface area contributed by atoms with Crippen molar-refractivity contribution in [2.75, 3.05) is 0 Å². The van der Waals surface area contributed by atoms with Crippen LogP contribution in [0.2, 0.25) is 0 Å². The van der Waals surface area contributed by atoms with Gasteiger partial charge in [-0.25, -0.2) is 4.98 Å². The van der Waals surface area contributed by atoms with Crippen LogP contribution in [0.4, 0.5) is 0 Å². The summed E-state index contributed by atoms with van der Waals surface area (Å²) in [5.41, 5.74) is 7.74. The molecule has 0 aliphatic heterocycles. The number of unbranched alkanes of at least 4 members (excludes halogenated alkanes) is 1. The van der Waals surface area contributed by atoms with E-state index in [1.165, 1.54) is 0 Å². The Balaban J connectivity index is 1.85. The fourth-order valence-electron chi connectivity index (χ4n) is 3.11. The normalized spacial score (nSPS) is 12.0. The summed E-state index contributed by atoms with van der Waals surface area (Å²) < 4.78 is 1.99. The highest BCUT2D eigenvalue weighted by molar-refractivity contribution is 6.07. The van der Waals surface area contributed by atoms with Crippen molar-refractivity contribution in [3.63, 3.8) is 0 Å².